The van der Waals surface area contributed by atoms with Crippen molar-refractivity contribution >= 4 is 0 Å². The number of ether oxygens (including phenoxy) is 2. The van der Waals surface area contributed by atoms with Gasteiger partial charge in [-0.1, -0.05) is 123 Å². The molecule has 0 bridgehead atoms. The summed E-state index contributed by atoms with van der Waals surface area (Å²) < 4.78 is 11.7. The third-order valence-corrected chi connectivity index (χ3v) is 10.7. The van der Waals surface area contributed by atoms with Crippen molar-refractivity contribution in [2.75, 3.05) is 52.6 Å². The molecule has 58 heavy (non-hydrogen) atoms. The fourth-order valence-corrected chi connectivity index (χ4v) is 7.22. The minimum Gasteiger partial charge on any atom is -0.508 e. The molecule has 0 aliphatic heterocycles. The van der Waals surface area contributed by atoms with E-state index in [-0.39, 0.29) is 12.3 Å². The lowest BCUT2D eigenvalue weighted by atomic mass is 10.0. The van der Waals surface area contributed by atoms with Gasteiger partial charge in [0, 0.05) is 51.6 Å². The van der Waals surface area contributed by atoms with Gasteiger partial charge in [-0.15, -0.1) is 4.91 Å². The number of phenols is 1. The molecule has 316 valence electrons. The minimum absolute atomic E-state index is 0.0770. The van der Waals surface area contributed by atoms with Gasteiger partial charge in [-0.2, -0.15) is 0 Å². The highest BCUT2D eigenvalue weighted by Gasteiger charge is 2.19. The normalized spacial score (nSPS) is 12.5. The van der Waals surface area contributed by atoms with E-state index < -0.39 is 12.2 Å². The van der Waals surface area contributed by atoms with Crippen LogP contribution in [0.2, 0.25) is 0 Å². The van der Waals surface area contributed by atoms with E-state index >= 15 is 0 Å². The van der Waals surface area contributed by atoms with E-state index in [2.05, 4.69) is 64.8 Å². The van der Waals surface area contributed by atoms with Crippen molar-refractivity contribution in [1.82, 2.24) is 9.91 Å². The summed E-state index contributed by atoms with van der Waals surface area (Å²) >= 11 is 0. The highest BCUT2D eigenvalue weighted by molar-refractivity contribution is 5.37. The number of benzene rings is 4. The fourth-order valence-electron chi connectivity index (χ4n) is 7.22. The van der Waals surface area contributed by atoms with Gasteiger partial charge in [-0.25, -0.2) is 0 Å². The van der Waals surface area contributed by atoms with Gasteiger partial charge < -0.3 is 24.8 Å². The smallest absolute Gasteiger partial charge is 0.120 e. The van der Waals surface area contributed by atoms with Crippen LogP contribution in [0.4, 0.5) is 0 Å². The Bertz CT molecular complexity index is 1610. The summed E-state index contributed by atoms with van der Waals surface area (Å²) in [6.07, 6.45) is 12.8. The Kier molecular flexibility index (Phi) is 23.4. The molecule has 9 nitrogen and oxygen atoms in total. The molecule has 0 aliphatic carbocycles. The van der Waals surface area contributed by atoms with Gasteiger partial charge in [0.1, 0.15) is 5.75 Å². The van der Waals surface area contributed by atoms with Crippen LogP contribution >= 0.6 is 0 Å². The topological polar surface area (TPSA) is 115 Å². The Labute approximate surface area is 348 Å². The predicted octanol–water partition coefficient (Wildman–Crippen LogP) is 10.1. The average Bonchev–Trinajstić information content (AvgIpc) is 3.25. The molecule has 0 aromatic heterocycles. The van der Waals surface area contributed by atoms with Gasteiger partial charge in [-0.05, 0) is 105 Å². The molecule has 0 heterocycles. The molecule has 4 aromatic rings. The second-order valence-electron chi connectivity index (χ2n) is 15.5. The number of phenolic OH excluding ortho intramolecular Hbond substituents is 1. The second kappa shape index (κ2) is 29.1. The molecule has 0 spiro atoms. The van der Waals surface area contributed by atoms with E-state index in [1.807, 2.05) is 42.5 Å². The second-order valence-corrected chi connectivity index (χ2v) is 15.5. The summed E-state index contributed by atoms with van der Waals surface area (Å²) in [4.78, 5) is 13.9. The Morgan fingerprint density at radius 3 is 1.55 bits per heavy atom. The van der Waals surface area contributed by atoms with Crippen molar-refractivity contribution in [1.29, 1.82) is 0 Å². The Balaban J connectivity index is 1.14. The Morgan fingerprint density at radius 2 is 1.00 bits per heavy atom. The molecular formula is C49H69N3O6. The molecule has 0 saturated carbocycles. The highest BCUT2D eigenvalue weighted by atomic mass is 16.5. The quantitative estimate of drug-likeness (QED) is 0.0248. The molecule has 0 fully saturated rings. The van der Waals surface area contributed by atoms with Crippen LogP contribution in [-0.2, 0) is 28.9 Å². The Hall–Kier alpha value is -4.12. The lowest BCUT2D eigenvalue weighted by Crippen LogP contribution is -2.29. The van der Waals surface area contributed by atoms with Crippen LogP contribution < -0.4 is 0 Å². The summed E-state index contributed by atoms with van der Waals surface area (Å²) in [5.74, 6) is 0.137. The molecule has 4 rings (SSSR count). The number of aliphatic hydroxyl groups is 2. The summed E-state index contributed by atoms with van der Waals surface area (Å²) in [5, 5.41) is 37.7. The number of rotatable bonds is 33. The number of aryl methyl sites for hydroxylation is 2. The van der Waals surface area contributed by atoms with Gasteiger partial charge in [0.25, 0.3) is 0 Å². The van der Waals surface area contributed by atoms with Gasteiger partial charge in [-0.3, -0.25) is 9.91 Å². The summed E-state index contributed by atoms with van der Waals surface area (Å²) in [6, 6.07) is 35.9. The first-order chi connectivity index (χ1) is 28.5. The van der Waals surface area contributed by atoms with Crippen LogP contribution in [0.1, 0.15) is 117 Å². The molecule has 4 aromatic carbocycles. The van der Waals surface area contributed by atoms with Crippen molar-refractivity contribution in [3.8, 4) is 5.75 Å². The minimum atomic E-state index is -0.943. The van der Waals surface area contributed by atoms with Gasteiger partial charge in [0.05, 0.1) is 24.0 Å². The lowest BCUT2D eigenvalue weighted by Gasteiger charge is -2.26. The summed E-state index contributed by atoms with van der Waals surface area (Å²) in [7, 11) is 0. The van der Waals surface area contributed by atoms with Crippen molar-refractivity contribution in [2.24, 2.45) is 5.29 Å². The van der Waals surface area contributed by atoms with Crippen molar-refractivity contribution < 1.29 is 24.8 Å². The molecule has 2 atom stereocenters. The van der Waals surface area contributed by atoms with Crippen LogP contribution in [0.25, 0.3) is 0 Å². The average molecular weight is 796 g/mol. The summed E-state index contributed by atoms with van der Waals surface area (Å²) in [5.41, 5.74) is 4.88. The van der Waals surface area contributed by atoms with Crippen molar-refractivity contribution in [3.05, 3.63) is 142 Å². The number of nitroso groups, excluding NO2 is 1. The van der Waals surface area contributed by atoms with E-state index in [0.29, 0.717) is 30.8 Å². The molecule has 0 aliphatic rings. The molecule has 0 amide bonds. The van der Waals surface area contributed by atoms with Crippen LogP contribution in [0, 0.1) is 4.91 Å². The molecule has 9 heteroatoms. The maximum Gasteiger partial charge on any atom is 0.120 e. The maximum absolute atomic E-state index is 11.7. The largest absolute Gasteiger partial charge is 0.508 e. The maximum atomic E-state index is 11.7. The predicted molar refractivity (Wildman–Crippen MR) is 234 cm³/mol. The Morgan fingerprint density at radius 1 is 0.517 bits per heavy atom. The SMILES string of the molecule is O=NN(CCCCCCOCCCCc1ccccc1)CC(O)c1ccc(O)c(CN(CCCCCCOCCCCc2ccccc2)CC(O)c2ccccc2)c1. The van der Waals surface area contributed by atoms with E-state index in [1.54, 1.807) is 12.1 Å². The number of nitrogens with zero attached hydrogens (tertiary/aromatic N) is 3. The molecular weight excluding hydrogens is 727 g/mol. The zero-order valence-electron chi connectivity index (χ0n) is 34.7. The summed E-state index contributed by atoms with van der Waals surface area (Å²) in [6.45, 7) is 5.22. The third kappa shape index (κ3) is 19.6. The molecule has 0 radical (unpaired) electrons. The van der Waals surface area contributed by atoms with Crippen LogP contribution in [-0.4, -0.2) is 77.8 Å². The zero-order chi connectivity index (χ0) is 40.9. The first-order valence-electron chi connectivity index (χ1n) is 21.8. The van der Waals surface area contributed by atoms with E-state index in [4.69, 9.17) is 9.47 Å². The highest BCUT2D eigenvalue weighted by Crippen LogP contribution is 2.26. The number of hydrogen-bond donors (Lipinski definition) is 3. The first kappa shape index (κ1) is 46.6. The lowest BCUT2D eigenvalue weighted by molar-refractivity contribution is 0.105. The number of aromatic hydroxyl groups is 1. The zero-order valence-corrected chi connectivity index (χ0v) is 34.7. The van der Waals surface area contributed by atoms with E-state index in [9.17, 15) is 20.2 Å². The van der Waals surface area contributed by atoms with Gasteiger partial charge >= 0.3 is 0 Å². The van der Waals surface area contributed by atoms with E-state index in [1.165, 1.54) is 16.1 Å². The van der Waals surface area contributed by atoms with Crippen LogP contribution in [0.3, 0.4) is 0 Å². The number of unbranched alkanes of at least 4 members (excludes halogenated alkanes) is 8. The van der Waals surface area contributed by atoms with Crippen LogP contribution in [0.5, 0.6) is 5.75 Å². The van der Waals surface area contributed by atoms with E-state index in [0.717, 1.165) is 128 Å². The number of hydrogen-bond acceptors (Lipinski definition) is 8. The van der Waals surface area contributed by atoms with Crippen molar-refractivity contribution in [2.45, 2.75) is 109 Å². The van der Waals surface area contributed by atoms with Crippen molar-refractivity contribution in [3.63, 3.8) is 0 Å². The number of aliphatic hydroxyl groups excluding tert-OH is 2. The molecule has 2 unspecified atom stereocenters. The van der Waals surface area contributed by atoms with Gasteiger partial charge in [0.15, 0.2) is 0 Å². The monoisotopic (exact) mass is 796 g/mol. The third-order valence-electron chi connectivity index (χ3n) is 10.7. The molecule has 3 N–H and O–H groups in total. The standard InChI is InChI=1S/C49H69N3O6/c53-47-31-30-45(49(55)41-52(50-56)33-17-2-4-19-35-58-37-21-15-27-43-24-10-6-11-25-43)38-46(47)39-51(40-48(54)44-28-12-7-13-29-44)32-16-1-3-18-34-57-36-20-14-26-42-22-8-5-9-23-42/h5-13,22-25,28-31,38,48-49,53-55H,1-4,14-21,26-27,32-37,39-41H2. The fraction of sp³-hybridized carbons (Fsp3) is 0.510. The molecule has 0 saturated heterocycles. The first-order valence-corrected chi connectivity index (χ1v) is 21.8. The van der Waals surface area contributed by atoms with Crippen LogP contribution in [0.15, 0.2) is 114 Å². The van der Waals surface area contributed by atoms with Gasteiger partial charge in [0.2, 0.25) is 0 Å².